The van der Waals surface area contributed by atoms with Gasteiger partial charge in [0.05, 0.1) is 4.90 Å². The molecule has 4 aromatic rings. The van der Waals surface area contributed by atoms with Gasteiger partial charge < -0.3 is 4.57 Å². The van der Waals surface area contributed by atoms with Gasteiger partial charge in [0.25, 0.3) is 0 Å². The molecule has 3 aromatic carbocycles. The number of aryl methyl sites for hydroxylation is 1. The van der Waals surface area contributed by atoms with Crippen LogP contribution >= 0.6 is 0 Å². The highest BCUT2D eigenvalue weighted by Crippen LogP contribution is 2.31. The van der Waals surface area contributed by atoms with E-state index in [-0.39, 0.29) is 5.41 Å². The van der Waals surface area contributed by atoms with Crippen LogP contribution in [-0.2, 0) is 28.5 Å². The van der Waals surface area contributed by atoms with E-state index in [0.29, 0.717) is 18.0 Å². The summed E-state index contributed by atoms with van der Waals surface area (Å²) in [6.45, 7) is 13.0. The summed E-state index contributed by atoms with van der Waals surface area (Å²) in [5.74, 6) is 0. The molecule has 1 aliphatic heterocycles. The van der Waals surface area contributed by atoms with Crippen LogP contribution in [0.3, 0.4) is 0 Å². The van der Waals surface area contributed by atoms with Crippen LogP contribution in [0.15, 0.2) is 71.6 Å². The van der Waals surface area contributed by atoms with E-state index in [9.17, 15) is 8.42 Å². The molecule has 0 N–H and O–H groups in total. The molecule has 0 amide bonds. The highest BCUT2D eigenvalue weighted by molar-refractivity contribution is 7.89. The molecule has 1 aliphatic rings. The number of sulfonamides is 1. The van der Waals surface area contributed by atoms with Crippen LogP contribution in [0.4, 0.5) is 0 Å². The van der Waals surface area contributed by atoms with E-state index >= 15 is 0 Å². The Labute approximate surface area is 215 Å². The maximum Gasteiger partial charge on any atom is 0.243 e. The van der Waals surface area contributed by atoms with Crippen molar-refractivity contribution in [1.29, 1.82) is 0 Å². The zero-order chi connectivity index (χ0) is 25.5. The van der Waals surface area contributed by atoms with E-state index in [1.807, 2.05) is 12.1 Å². The molecule has 2 heterocycles. The fourth-order valence-electron chi connectivity index (χ4n) is 5.36. The lowest BCUT2D eigenvalue weighted by Crippen LogP contribution is -2.48. The summed E-state index contributed by atoms with van der Waals surface area (Å²) in [6, 6.07) is 22.8. The second kappa shape index (κ2) is 9.66. The normalized spacial score (nSPS) is 16.2. The van der Waals surface area contributed by atoms with Gasteiger partial charge in [-0.05, 0) is 60.2 Å². The molecule has 36 heavy (non-hydrogen) atoms. The van der Waals surface area contributed by atoms with Gasteiger partial charge in [-0.25, -0.2) is 8.42 Å². The van der Waals surface area contributed by atoms with Crippen LogP contribution in [0, 0.1) is 0 Å². The Morgan fingerprint density at radius 1 is 0.806 bits per heavy atom. The van der Waals surface area contributed by atoms with Crippen molar-refractivity contribution in [2.75, 3.05) is 26.2 Å². The number of piperazine rings is 1. The average Bonchev–Trinajstić information content (AvgIpc) is 3.22. The Balaban J connectivity index is 1.28. The number of benzene rings is 3. The van der Waals surface area contributed by atoms with Crippen molar-refractivity contribution in [2.45, 2.75) is 57.5 Å². The van der Waals surface area contributed by atoms with Crippen LogP contribution < -0.4 is 0 Å². The number of rotatable bonds is 7. The number of para-hydroxylation sites is 1. The van der Waals surface area contributed by atoms with Crippen LogP contribution in [0.1, 0.15) is 45.2 Å². The molecule has 0 aliphatic carbocycles. The van der Waals surface area contributed by atoms with Crippen molar-refractivity contribution < 1.29 is 8.42 Å². The van der Waals surface area contributed by atoms with Crippen molar-refractivity contribution in [3.8, 4) is 0 Å². The Morgan fingerprint density at radius 2 is 1.47 bits per heavy atom. The first-order valence-electron chi connectivity index (χ1n) is 13.1. The molecule has 5 nitrogen and oxygen atoms in total. The van der Waals surface area contributed by atoms with Gasteiger partial charge in [0.1, 0.15) is 0 Å². The van der Waals surface area contributed by atoms with E-state index < -0.39 is 10.0 Å². The zero-order valence-corrected chi connectivity index (χ0v) is 22.7. The maximum absolute atomic E-state index is 13.3. The smallest absolute Gasteiger partial charge is 0.243 e. The number of fused-ring (bicyclic) bond motifs is 3. The Hall–Kier alpha value is -2.67. The molecule has 0 unspecified atom stereocenters. The lowest BCUT2D eigenvalue weighted by atomic mass is 9.82. The van der Waals surface area contributed by atoms with E-state index in [2.05, 4.69) is 79.6 Å². The standard InChI is InChI=1S/C30H37N3O2S/c1-5-30(3,4)24-12-14-25(15-13-24)36(34,35)32-19-17-31(18-20-32)22-23-11-16-29-27(21-23)26-9-7-8-10-28(26)33(29)6-2/h7-16,21H,5-6,17-20,22H2,1-4H3. The predicted octanol–water partition coefficient (Wildman–Crippen LogP) is 6.01. The first-order valence-corrected chi connectivity index (χ1v) is 14.5. The van der Waals surface area contributed by atoms with Gasteiger partial charge in [-0.2, -0.15) is 4.31 Å². The van der Waals surface area contributed by atoms with Crippen LogP contribution in [0.5, 0.6) is 0 Å². The predicted molar refractivity (Wildman–Crippen MR) is 149 cm³/mol. The lowest BCUT2D eigenvalue weighted by Gasteiger charge is -2.34. The van der Waals surface area contributed by atoms with Gasteiger partial charge in [0.2, 0.25) is 10.0 Å². The van der Waals surface area contributed by atoms with Gasteiger partial charge in [-0.1, -0.05) is 57.2 Å². The first kappa shape index (κ1) is 25.0. The molecule has 0 radical (unpaired) electrons. The van der Waals surface area contributed by atoms with E-state index in [1.54, 1.807) is 16.4 Å². The second-order valence-electron chi connectivity index (χ2n) is 10.6. The van der Waals surface area contributed by atoms with Gasteiger partial charge >= 0.3 is 0 Å². The molecule has 0 bridgehead atoms. The summed E-state index contributed by atoms with van der Waals surface area (Å²) in [6.07, 6.45) is 1.01. The lowest BCUT2D eigenvalue weighted by molar-refractivity contribution is 0.181. The van der Waals surface area contributed by atoms with E-state index in [1.165, 1.54) is 32.9 Å². The highest BCUT2D eigenvalue weighted by atomic mass is 32.2. The quantitative estimate of drug-likeness (QED) is 0.310. The Bertz CT molecular complexity index is 1480. The summed E-state index contributed by atoms with van der Waals surface area (Å²) in [4.78, 5) is 2.75. The molecule has 0 spiro atoms. The number of aromatic nitrogens is 1. The fraction of sp³-hybridized carbons (Fsp3) is 0.400. The van der Waals surface area contributed by atoms with Gasteiger partial charge in [0.15, 0.2) is 0 Å². The third kappa shape index (κ3) is 4.47. The van der Waals surface area contributed by atoms with Crippen molar-refractivity contribution in [1.82, 2.24) is 13.8 Å². The molecular formula is C30H37N3O2S. The van der Waals surface area contributed by atoms with Gasteiger partial charge in [-0.15, -0.1) is 0 Å². The molecule has 0 saturated carbocycles. The summed E-state index contributed by atoms with van der Waals surface area (Å²) >= 11 is 0. The Morgan fingerprint density at radius 3 is 2.14 bits per heavy atom. The van der Waals surface area contributed by atoms with Crippen LogP contribution in [0.25, 0.3) is 21.8 Å². The molecule has 1 aromatic heterocycles. The monoisotopic (exact) mass is 503 g/mol. The van der Waals surface area contributed by atoms with Gasteiger partial charge in [-0.3, -0.25) is 4.90 Å². The minimum absolute atomic E-state index is 0.0440. The fourth-order valence-corrected chi connectivity index (χ4v) is 6.78. The Kier molecular flexibility index (Phi) is 6.70. The minimum atomic E-state index is -3.48. The molecule has 190 valence electrons. The summed E-state index contributed by atoms with van der Waals surface area (Å²) in [5, 5.41) is 2.58. The summed E-state index contributed by atoms with van der Waals surface area (Å²) in [5.41, 5.74) is 5.03. The maximum atomic E-state index is 13.3. The third-order valence-corrected chi connectivity index (χ3v) is 9.96. The molecule has 6 heteroatoms. The van der Waals surface area contributed by atoms with Gasteiger partial charge in [0, 0.05) is 61.1 Å². The third-order valence-electron chi connectivity index (χ3n) is 8.05. The molecule has 5 rings (SSSR count). The number of hydrogen-bond acceptors (Lipinski definition) is 3. The molecule has 0 atom stereocenters. The summed E-state index contributed by atoms with van der Waals surface area (Å²) < 4.78 is 30.6. The van der Waals surface area contributed by atoms with Crippen molar-refractivity contribution >= 4 is 31.8 Å². The molecule has 1 saturated heterocycles. The average molecular weight is 504 g/mol. The van der Waals surface area contributed by atoms with Crippen molar-refractivity contribution in [2.24, 2.45) is 0 Å². The van der Waals surface area contributed by atoms with Crippen molar-refractivity contribution in [3.63, 3.8) is 0 Å². The molecule has 1 fully saturated rings. The highest BCUT2D eigenvalue weighted by Gasteiger charge is 2.29. The largest absolute Gasteiger partial charge is 0.341 e. The first-order chi connectivity index (χ1) is 17.2. The van der Waals surface area contributed by atoms with E-state index in [4.69, 9.17) is 0 Å². The zero-order valence-electron chi connectivity index (χ0n) is 21.9. The SMILES string of the molecule is CCn1c2ccccc2c2cc(CN3CCN(S(=O)(=O)c4ccc(C(C)(C)CC)cc4)CC3)ccc21. The van der Waals surface area contributed by atoms with Crippen LogP contribution in [0.2, 0.25) is 0 Å². The number of nitrogens with zero attached hydrogens (tertiary/aromatic N) is 3. The molecular weight excluding hydrogens is 466 g/mol. The topological polar surface area (TPSA) is 45.5 Å². The minimum Gasteiger partial charge on any atom is -0.341 e. The number of hydrogen-bond donors (Lipinski definition) is 0. The summed E-state index contributed by atoms with van der Waals surface area (Å²) in [7, 11) is -3.48. The van der Waals surface area contributed by atoms with E-state index in [0.717, 1.165) is 32.6 Å². The second-order valence-corrected chi connectivity index (χ2v) is 12.5. The van der Waals surface area contributed by atoms with Crippen LogP contribution in [-0.4, -0.2) is 48.4 Å². The van der Waals surface area contributed by atoms with Crippen molar-refractivity contribution in [3.05, 3.63) is 77.9 Å².